The van der Waals surface area contributed by atoms with E-state index in [4.69, 9.17) is 31.3 Å². The number of aromatic nitrogens is 3. The Bertz CT molecular complexity index is 1800. The van der Waals surface area contributed by atoms with E-state index >= 15 is 0 Å². The molecule has 0 spiro atoms. The molecule has 2 aliphatic rings. The van der Waals surface area contributed by atoms with E-state index in [-0.39, 0.29) is 31.6 Å². The summed E-state index contributed by atoms with van der Waals surface area (Å²) in [5, 5.41) is 12.1. The lowest BCUT2D eigenvalue weighted by atomic mass is 9.97. The van der Waals surface area contributed by atoms with Crippen LogP contribution in [0.4, 0.5) is 10.2 Å². The van der Waals surface area contributed by atoms with Crippen LogP contribution in [-0.4, -0.2) is 82.6 Å². The third-order valence-electron chi connectivity index (χ3n) is 8.64. The van der Waals surface area contributed by atoms with Crippen molar-refractivity contribution < 1.29 is 13.9 Å². The second kappa shape index (κ2) is 12.3. The first-order valence-electron chi connectivity index (χ1n) is 14.7. The predicted molar refractivity (Wildman–Crippen MR) is 169 cm³/mol. The molecule has 2 atom stereocenters. The third-order valence-corrected chi connectivity index (χ3v) is 8.96. The Morgan fingerprint density at radius 2 is 1.93 bits per heavy atom. The SMILES string of the molecule is C=C(F)C(=O)N1CCN(c2nc(OC[C@@H]3CCCN3C)nc3cc(-c4cccc5cccc(Cl)c45)c(C)nc23)C[C@@H]1CC#N. The van der Waals surface area contributed by atoms with Gasteiger partial charge in [0, 0.05) is 47.3 Å². The van der Waals surface area contributed by atoms with E-state index in [1.54, 1.807) is 0 Å². The number of benzene rings is 2. The van der Waals surface area contributed by atoms with E-state index in [9.17, 15) is 14.4 Å². The monoisotopic (exact) mass is 613 g/mol. The summed E-state index contributed by atoms with van der Waals surface area (Å²) in [4.78, 5) is 32.8. The minimum atomic E-state index is -1.04. The molecule has 2 aliphatic heterocycles. The maximum atomic E-state index is 13.8. The van der Waals surface area contributed by atoms with Crippen LogP contribution in [-0.2, 0) is 4.79 Å². The third kappa shape index (κ3) is 5.65. The van der Waals surface area contributed by atoms with Crippen LogP contribution in [0.15, 0.2) is 54.9 Å². The van der Waals surface area contributed by atoms with Gasteiger partial charge >= 0.3 is 6.01 Å². The van der Waals surface area contributed by atoms with Crippen LogP contribution in [0.25, 0.3) is 32.9 Å². The fourth-order valence-corrected chi connectivity index (χ4v) is 6.59. The Labute approximate surface area is 260 Å². The second-order valence-electron chi connectivity index (χ2n) is 11.4. The van der Waals surface area contributed by atoms with Gasteiger partial charge in [-0.1, -0.05) is 48.5 Å². The number of anilines is 1. The van der Waals surface area contributed by atoms with Crippen LogP contribution >= 0.6 is 11.6 Å². The number of aryl methyl sites for hydroxylation is 1. The van der Waals surface area contributed by atoms with Gasteiger partial charge in [0.25, 0.3) is 5.91 Å². The number of carbonyl (C=O) groups excluding carboxylic acids is 1. The van der Waals surface area contributed by atoms with Crippen LogP contribution in [0.1, 0.15) is 25.0 Å². The topological polar surface area (TPSA) is 98.5 Å². The van der Waals surface area contributed by atoms with E-state index in [0.29, 0.717) is 35.0 Å². The van der Waals surface area contributed by atoms with Crippen LogP contribution in [0, 0.1) is 18.3 Å². The first-order valence-corrected chi connectivity index (χ1v) is 15.1. The maximum absolute atomic E-state index is 13.8. The van der Waals surface area contributed by atoms with Crippen molar-refractivity contribution in [2.45, 2.75) is 38.3 Å². The lowest BCUT2D eigenvalue weighted by molar-refractivity contribution is -0.131. The molecule has 4 aromatic rings. The Morgan fingerprint density at radius 1 is 1.14 bits per heavy atom. The average Bonchev–Trinajstić information content (AvgIpc) is 3.43. The predicted octanol–water partition coefficient (Wildman–Crippen LogP) is 5.69. The van der Waals surface area contributed by atoms with Gasteiger partial charge in [0.2, 0.25) is 0 Å². The number of hydrogen-bond donors (Lipinski definition) is 0. The van der Waals surface area contributed by atoms with Gasteiger partial charge in [-0.15, -0.1) is 0 Å². The molecule has 2 saturated heterocycles. The Kier molecular flexibility index (Phi) is 8.34. The Hall–Kier alpha value is -4.33. The molecule has 0 saturated carbocycles. The lowest BCUT2D eigenvalue weighted by Gasteiger charge is -2.41. The second-order valence-corrected chi connectivity index (χ2v) is 11.8. The Balaban J connectivity index is 1.45. The number of rotatable bonds is 7. The largest absolute Gasteiger partial charge is 0.462 e. The highest BCUT2D eigenvalue weighted by molar-refractivity contribution is 6.36. The first-order chi connectivity index (χ1) is 21.2. The molecule has 0 radical (unpaired) electrons. The average molecular weight is 614 g/mol. The molecule has 1 amide bonds. The van der Waals surface area contributed by atoms with E-state index in [1.165, 1.54) is 4.90 Å². The fraction of sp³-hybridized carbons (Fsp3) is 0.364. The number of halogens is 2. The van der Waals surface area contributed by atoms with Gasteiger partial charge in [0.15, 0.2) is 11.6 Å². The number of fused-ring (bicyclic) bond motifs is 2. The zero-order valence-electron chi connectivity index (χ0n) is 24.8. The van der Waals surface area contributed by atoms with Gasteiger partial charge < -0.3 is 19.4 Å². The van der Waals surface area contributed by atoms with E-state index in [0.717, 1.165) is 47.0 Å². The van der Waals surface area contributed by atoms with Crippen LogP contribution < -0.4 is 9.64 Å². The first kappa shape index (κ1) is 29.7. The van der Waals surface area contributed by atoms with Crippen LogP contribution in [0.2, 0.25) is 5.02 Å². The summed E-state index contributed by atoms with van der Waals surface area (Å²) < 4.78 is 20.0. The Morgan fingerprint density at radius 3 is 2.66 bits per heavy atom. The number of carbonyl (C=O) groups is 1. The molecule has 44 heavy (non-hydrogen) atoms. The van der Waals surface area contributed by atoms with Crippen molar-refractivity contribution in [3.05, 3.63) is 65.6 Å². The molecule has 0 unspecified atom stereocenters. The highest BCUT2D eigenvalue weighted by atomic mass is 35.5. The number of pyridine rings is 1. The lowest BCUT2D eigenvalue weighted by Crippen LogP contribution is -2.55. The minimum Gasteiger partial charge on any atom is -0.462 e. The van der Waals surface area contributed by atoms with E-state index in [2.05, 4.69) is 24.6 Å². The van der Waals surface area contributed by atoms with E-state index in [1.807, 2.05) is 54.3 Å². The molecule has 0 N–H and O–H groups in total. The van der Waals surface area contributed by atoms with Crippen molar-refractivity contribution in [3.8, 4) is 23.2 Å². The molecule has 226 valence electrons. The molecule has 0 bridgehead atoms. The molecular weight excluding hydrogens is 581 g/mol. The summed E-state index contributed by atoms with van der Waals surface area (Å²) in [5.41, 5.74) is 3.78. The molecule has 2 fully saturated rings. The fourth-order valence-electron chi connectivity index (χ4n) is 6.30. The van der Waals surface area contributed by atoms with Gasteiger partial charge in [0.05, 0.1) is 24.0 Å². The summed E-state index contributed by atoms with van der Waals surface area (Å²) >= 11 is 6.69. The molecule has 2 aromatic heterocycles. The van der Waals surface area contributed by atoms with Crippen LogP contribution in [0.5, 0.6) is 6.01 Å². The minimum absolute atomic E-state index is 0.0361. The zero-order valence-corrected chi connectivity index (χ0v) is 25.5. The number of nitriles is 1. The van der Waals surface area contributed by atoms with Crippen molar-refractivity contribution in [3.63, 3.8) is 0 Å². The molecule has 11 heteroatoms. The van der Waals surface area contributed by atoms with Crippen molar-refractivity contribution in [1.29, 1.82) is 5.26 Å². The summed E-state index contributed by atoms with van der Waals surface area (Å²) in [6.07, 6.45) is 2.19. The van der Waals surface area contributed by atoms with Crippen molar-refractivity contribution >= 4 is 45.1 Å². The highest BCUT2D eigenvalue weighted by Crippen LogP contribution is 2.37. The van der Waals surface area contributed by atoms with Gasteiger partial charge in [-0.05, 0) is 56.4 Å². The number of hydrogen-bond acceptors (Lipinski definition) is 8. The highest BCUT2D eigenvalue weighted by Gasteiger charge is 2.34. The van der Waals surface area contributed by atoms with Gasteiger partial charge in [-0.3, -0.25) is 4.79 Å². The number of piperazine rings is 1. The van der Waals surface area contributed by atoms with Crippen molar-refractivity contribution in [2.24, 2.45) is 0 Å². The standard InChI is InChI=1S/C33H33ClFN7O2/c1-20(35)32(43)42-16-15-41(18-23(42)12-13-36)31-30-28(38-33(39-31)44-19-24-9-6-14-40(24)3)17-26(21(2)37-30)25-10-4-7-22-8-5-11-27(34)29(22)25/h4-5,7-8,10-11,17,23-24H,1,6,9,12,14-16,18-19H2,2-3H3/t23-,24-/m0/s1. The number of ether oxygens (including phenoxy) is 1. The summed E-state index contributed by atoms with van der Waals surface area (Å²) in [6.45, 7) is 7.41. The summed E-state index contributed by atoms with van der Waals surface area (Å²) in [7, 11) is 2.09. The molecule has 9 nitrogen and oxygen atoms in total. The maximum Gasteiger partial charge on any atom is 0.319 e. The molecular formula is C33H33ClFN7O2. The number of likely N-dealkylation sites (tertiary alicyclic amines) is 1. The van der Waals surface area contributed by atoms with Crippen molar-refractivity contribution in [2.75, 3.05) is 44.7 Å². The van der Waals surface area contributed by atoms with E-state index < -0.39 is 17.8 Å². The van der Waals surface area contributed by atoms with Gasteiger partial charge in [-0.25, -0.2) is 9.37 Å². The molecule has 0 aliphatic carbocycles. The number of nitrogens with zero attached hydrogens (tertiary/aromatic N) is 7. The number of likely N-dealkylation sites (N-methyl/N-ethyl adjacent to an activating group) is 1. The summed E-state index contributed by atoms with van der Waals surface area (Å²) in [5.74, 6) is -1.29. The quantitative estimate of drug-likeness (QED) is 0.245. The van der Waals surface area contributed by atoms with Gasteiger partial charge in [-0.2, -0.15) is 15.2 Å². The summed E-state index contributed by atoms with van der Waals surface area (Å²) in [6, 6.07) is 16.0. The zero-order chi connectivity index (χ0) is 31.0. The smallest absolute Gasteiger partial charge is 0.319 e. The normalized spacial score (nSPS) is 19.0. The van der Waals surface area contributed by atoms with Gasteiger partial charge in [0.1, 0.15) is 12.1 Å². The number of amides is 1. The van der Waals surface area contributed by atoms with Crippen molar-refractivity contribution in [1.82, 2.24) is 24.8 Å². The molecule has 6 rings (SSSR count). The molecule has 2 aromatic carbocycles. The van der Waals surface area contributed by atoms with Crippen LogP contribution in [0.3, 0.4) is 0 Å². The molecule has 4 heterocycles.